The predicted octanol–water partition coefficient (Wildman–Crippen LogP) is 2.40. The normalized spacial score (nSPS) is 12.3. The number of nitrogens with zero attached hydrogens (tertiary/aromatic N) is 1. The smallest absolute Gasteiger partial charge is 0.503 e. The lowest BCUT2D eigenvalue weighted by molar-refractivity contribution is -0.275. The third-order valence-electron chi connectivity index (χ3n) is 1.68. The van der Waals surface area contributed by atoms with E-state index in [0.717, 1.165) is 0 Å². The minimum absolute atomic E-state index is 0.255. The highest BCUT2D eigenvalue weighted by molar-refractivity contribution is 5.89. The van der Waals surface area contributed by atoms with E-state index in [0.29, 0.717) is 0 Å². The number of rotatable bonds is 2. The molecule has 1 heterocycles. The third kappa shape index (κ3) is 3.63. The number of aromatic nitrogens is 1. The Labute approximate surface area is 99.6 Å². The van der Waals surface area contributed by atoms with Gasteiger partial charge in [0.05, 0.1) is 0 Å². The zero-order valence-corrected chi connectivity index (χ0v) is 8.50. The van der Waals surface area contributed by atoms with E-state index in [-0.39, 0.29) is 6.07 Å². The SMILES string of the molecule is O=C(O)c1nc(C(F)(F)F)cc(OC(F)(F)F)c1O. The maximum atomic E-state index is 12.3. The summed E-state index contributed by atoms with van der Waals surface area (Å²) in [5, 5.41) is 17.5. The average molecular weight is 291 g/mol. The van der Waals surface area contributed by atoms with Gasteiger partial charge in [0.25, 0.3) is 0 Å². The fourth-order valence-corrected chi connectivity index (χ4v) is 1.01. The van der Waals surface area contributed by atoms with E-state index < -0.39 is 41.4 Å². The van der Waals surface area contributed by atoms with Gasteiger partial charge in [0.15, 0.2) is 17.2 Å². The molecule has 0 aromatic carbocycles. The van der Waals surface area contributed by atoms with E-state index in [1.807, 2.05) is 0 Å². The van der Waals surface area contributed by atoms with Gasteiger partial charge in [-0.25, -0.2) is 9.78 Å². The van der Waals surface area contributed by atoms with Gasteiger partial charge in [-0.2, -0.15) is 13.2 Å². The predicted molar refractivity (Wildman–Crippen MR) is 44.5 cm³/mol. The maximum absolute atomic E-state index is 12.3. The van der Waals surface area contributed by atoms with Gasteiger partial charge < -0.3 is 14.9 Å². The minimum atomic E-state index is -5.41. The van der Waals surface area contributed by atoms with Gasteiger partial charge in [0.1, 0.15) is 5.69 Å². The van der Waals surface area contributed by atoms with E-state index in [4.69, 9.17) is 10.2 Å². The summed E-state index contributed by atoms with van der Waals surface area (Å²) >= 11 is 0. The van der Waals surface area contributed by atoms with E-state index >= 15 is 0 Å². The molecule has 1 rings (SSSR count). The summed E-state index contributed by atoms with van der Waals surface area (Å²) in [4.78, 5) is 13.0. The average Bonchev–Trinajstić information content (AvgIpc) is 2.16. The van der Waals surface area contributed by atoms with Crippen LogP contribution in [0.25, 0.3) is 0 Å². The van der Waals surface area contributed by atoms with Crippen molar-refractivity contribution in [1.29, 1.82) is 0 Å². The number of halogens is 6. The Morgan fingerprint density at radius 3 is 2.11 bits per heavy atom. The molecule has 11 heteroatoms. The molecule has 19 heavy (non-hydrogen) atoms. The van der Waals surface area contributed by atoms with Gasteiger partial charge in [-0.15, -0.1) is 13.2 Å². The summed E-state index contributed by atoms with van der Waals surface area (Å²) < 4.78 is 75.7. The van der Waals surface area contributed by atoms with Crippen molar-refractivity contribution in [3.05, 3.63) is 17.5 Å². The Kier molecular flexibility index (Phi) is 3.50. The number of carboxylic acid groups (broad SMARTS) is 1. The largest absolute Gasteiger partial charge is 0.573 e. The molecule has 0 fully saturated rings. The zero-order valence-electron chi connectivity index (χ0n) is 8.50. The van der Waals surface area contributed by atoms with E-state index in [1.165, 1.54) is 0 Å². The third-order valence-corrected chi connectivity index (χ3v) is 1.68. The molecule has 1 aromatic heterocycles. The standard InChI is InChI=1S/C8H3F6NO4/c9-7(10,11)3-1-2(19-8(12,13)14)5(16)4(15-3)6(17)18/h1,16H,(H,17,18). The topological polar surface area (TPSA) is 79.7 Å². The number of aromatic carboxylic acids is 1. The van der Waals surface area contributed by atoms with Gasteiger partial charge in [-0.05, 0) is 0 Å². The molecule has 0 saturated carbocycles. The van der Waals surface area contributed by atoms with Crippen LogP contribution in [0.3, 0.4) is 0 Å². The number of hydrogen-bond donors (Lipinski definition) is 2. The molecule has 0 aliphatic carbocycles. The van der Waals surface area contributed by atoms with Crippen molar-refractivity contribution in [3.63, 3.8) is 0 Å². The summed E-state index contributed by atoms with van der Waals surface area (Å²) in [6.07, 6.45) is -10.6. The maximum Gasteiger partial charge on any atom is 0.573 e. The van der Waals surface area contributed by atoms with Crippen molar-refractivity contribution >= 4 is 5.97 Å². The lowest BCUT2D eigenvalue weighted by atomic mass is 10.2. The Balaban J connectivity index is 3.45. The van der Waals surface area contributed by atoms with Crippen molar-refractivity contribution in [1.82, 2.24) is 4.98 Å². The van der Waals surface area contributed by atoms with Crippen molar-refractivity contribution < 1.29 is 46.1 Å². The highest BCUT2D eigenvalue weighted by atomic mass is 19.4. The van der Waals surface area contributed by atoms with Gasteiger partial charge in [-0.1, -0.05) is 0 Å². The summed E-state index contributed by atoms with van der Waals surface area (Å²) in [7, 11) is 0. The second-order valence-corrected chi connectivity index (χ2v) is 3.05. The summed E-state index contributed by atoms with van der Waals surface area (Å²) in [6, 6.07) is -0.255. The first-order valence-electron chi connectivity index (χ1n) is 4.22. The van der Waals surface area contributed by atoms with Crippen LogP contribution in [0.1, 0.15) is 16.2 Å². The van der Waals surface area contributed by atoms with E-state index in [1.54, 1.807) is 0 Å². The fourth-order valence-electron chi connectivity index (χ4n) is 1.01. The molecule has 1 aromatic rings. The second-order valence-electron chi connectivity index (χ2n) is 3.05. The number of carboxylic acids is 1. The molecule has 0 radical (unpaired) electrons. The second kappa shape index (κ2) is 4.48. The number of ether oxygens (including phenoxy) is 1. The van der Waals surface area contributed by atoms with Crippen LogP contribution >= 0.6 is 0 Å². The highest BCUT2D eigenvalue weighted by Crippen LogP contribution is 2.38. The zero-order chi connectivity index (χ0) is 15.0. The number of alkyl halides is 6. The van der Waals surface area contributed by atoms with Crippen LogP contribution in [0.2, 0.25) is 0 Å². The van der Waals surface area contributed by atoms with Crippen LogP contribution in [0, 0.1) is 0 Å². The monoisotopic (exact) mass is 291 g/mol. The lowest BCUT2D eigenvalue weighted by Crippen LogP contribution is -2.19. The summed E-state index contributed by atoms with van der Waals surface area (Å²) in [5.74, 6) is -5.50. The Morgan fingerprint density at radius 1 is 1.21 bits per heavy atom. The van der Waals surface area contributed by atoms with Crippen LogP contribution in [-0.4, -0.2) is 27.5 Å². The first-order chi connectivity index (χ1) is 8.42. The number of carbonyl (C=O) groups is 1. The quantitative estimate of drug-likeness (QED) is 0.818. The van der Waals surface area contributed by atoms with Crippen LogP contribution in [-0.2, 0) is 6.18 Å². The van der Waals surface area contributed by atoms with Gasteiger partial charge in [0, 0.05) is 6.07 Å². The number of hydrogen-bond acceptors (Lipinski definition) is 4. The van der Waals surface area contributed by atoms with Crippen LogP contribution in [0.15, 0.2) is 6.07 Å². The molecule has 0 spiro atoms. The van der Waals surface area contributed by atoms with Crippen molar-refractivity contribution in [2.24, 2.45) is 0 Å². The molecule has 0 bridgehead atoms. The van der Waals surface area contributed by atoms with Crippen LogP contribution in [0.5, 0.6) is 11.5 Å². The lowest BCUT2D eigenvalue weighted by Gasteiger charge is -2.14. The molecule has 0 atom stereocenters. The summed E-state index contributed by atoms with van der Waals surface area (Å²) in [6.45, 7) is 0. The van der Waals surface area contributed by atoms with Crippen molar-refractivity contribution in [2.45, 2.75) is 12.5 Å². The van der Waals surface area contributed by atoms with E-state index in [9.17, 15) is 31.1 Å². The first kappa shape index (κ1) is 14.9. The van der Waals surface area contributed by atoms with Crippen molar-refractivity contribution in [2.75, 3.05) is 0 Å². The van der Waals surface area contributed by atoms with Crippen molar-refractivity contribution in [3.8, 4) is 11.5 Å². The number of aromatic hydroxyl groups is 1. The number of pyridine rings is 1. The molecule has 5 nitrogen and oxygen atoms in total. The Hall–Kier alpha value is -2.20. The van der Waals surface area contributed by atoms with Gasteiger partial charge in [0.2, 0.25) is 0 Å². The first-order valence-corrected chi connectivity index (χ1v) is 4.22. The molecule has 0 aliphatic rings. The Morgan fingerprint density at radius 2 is 1.74 bits per heavy atom. The van der Waals surface area contributed by atoms with Gasteiger partial charge in [-0.3, -0.25) is 0 Å². The molecule has 0 amide bonds. The molecule has 0 saturated heterocycles. The molecule has 106 valence electrons. The highest BCUT2D eigenvalue weighted by Gasteiger charge is 2.39. The van der Waals surface area contributed by atoms with Crippen LogP contribution in [0.4, 0.5) is 26.3 Å². The molecular formula is C8H3F6NO4. The minimum Gasteiger partial charge on any atom is -0.503 e. The molecule has 0 unspecified atom stereocenters. The van der Waals surface area contributed by atoms with Crippen LogP contribution < -0.4 is 4.74 Å². The molecule has 2 N–H and O–H groups in total. The van der Waals surface area contributed by atoms with Gasteiger partial charge >= 0.3 is 18.5 Å². The fraction of sp³-hybridized carbons (Fsp3) is 0.250. The van der Waals surface area contributed by atoms with E-state index in [2.05, 4.69) is 9.72 Å². The molecular weight excluding hydrogens is 288 g/mol. The molecule has 0 aliphatic heterocycles. The summed E-state index contributed by atoms with van der Waals surface area (Å²) in [5.41, 5.74) is -3.55. The Bertz CT molecular complexity index is 509.